The van der Waals surface area contributed by atoms with Crippen LogP contribution in [0.3, 0.4) is 0 Å². The van der Waals surface area contributed by atoms with Crippen LogP contribution in [0.5, 0.6) is 5.75 Å². The van der Waals surface area contributed by atoms with Crippen LogP contribution in [0.1, 0.15) is 50.9 Å². The first-order valence-electron chi connectivity index (χ1n) is 10.4. The average Bonchev–Trinajstić information content (AvgIpc) is 2.70. The van der Waals surface area contributed by atoms with Gasteiger partial charge in [-0.3, -0.25) is 9.59 Å². The minimum atomic E-state index is -0.596. The van der Waals surface area contributed by atoms with Gasteiger partial charge in [-0.2, -0.15) is 0 Å². The number of benzene rings is 1. The summed E-state index contributed by atoms with van der Waals surface area (Å²) in [6, 6.07) is 7.07. The first-order valence-corrected chi connectivity index (χ1v) is 10.4. The molecule has 0 radical (unpaired) electrons. The van der Waals surface area contributed by atoms with Crippen molar-refractivity contribution in [1.29, 1.82) is 0 Å². The monoisotopic (exact) mass is 419 g/mol. The highest BCUT2D eigenvalue weighted by Crippen LogP contribution is 2.17. The lowest BCUT2D eigenvalue weighted by Gasteiger charge is -2.32. The highest BCUT2D eigenvalue weighted by atomic mass is 16.6. The summed E-state index contributed by atoms with van der Waals surface area (Å²) in [5.74, 6) is 0.822. The zero-order valence-corrected chi connectivity index (χ0v) is 18.3. The number of ether oxygens (including phenoxy) is 2. The molecule has 2 rings (SSSR count). The van der Waals surface area contributed by atoms with Crippen LogP contribution in [-0.2, 0) is 9.53 Å². The van der Waals surface area contributed by atoms with Gasteiger partial charge in [-0.05, 0) is 70.7 Å². The molecule has 1 aromatic rings. The average molecular weight is 420 g/mol. The molecule has 0 saturated carbocycles. The van der Waals surface area contributed by atoms with Gasteiger partial charge in [0.1, 0.15) is 17.9 Å². The molecule has 2 N–H and O–H groups in total. The van der Waals surface area contributed by atoms with E-state index < -0.39 is 11.7 Å². The molecule has 3 amide bonds. The van der Waals surface area contributed by atoms with E-state index in [1.807, 2.05) is 6.92 Å². The van der Waals surface area contributed by atoms with Crippen molar-refractivity contribution in [1.82, 2.24) is 15.5 Å². The summed E-state index contributed by atoms with van der Waals surface area (Å²) in [5, 5.41) is 5.47. The number of carbonyl (C=O) groups excluding carboxylic acids is 3. The third kappa shape index (κ3) is 7.93. The van der Waals surface area contributed by atoms with Gasteiger partial charge in [0.15, 0.2) is 0 Å². The van der Waals surface area contributed by atoms with Crippen LogP contribution < -0.4 is 15.4 Å². The number of likely N-dealkylation sites (tertiary alicyclic amines) is 1. The van der Waals surface area contributed by atoms with E-state index in [1.165, 1.54) is 0 Å². The molecule has 30 heavy (non-hydrogen) atoms. The molecule has 1 heterocycles. The Labute approximate surface area is 178 Å². The lowest BCUT2D eigenvalue weighted by Crippen LogP contribution is -2.46. The van der Waals surface area contributed by atoms with Gasteiger partial charge in [0, 0.05) is 25.2 Å². The normalized spacial score (nSPS) is 14.7. The zero-order chi connectivity index (χ0) is 22.1. The second-order valence-corrected chi connectivity index (χ2v) is 8.35. The highest BCUT2D eigenvalue weighted by Gasteiger charge is 2.24. The van der Waals surface area contributed by atoms with E-state index >= 15 is 0 Å². The van der Waals surface area contributed by atoms with Crippen LogP contribution in [-0.4, -0.2) is 61.2 Å². The molecule has 1 aromatic carbocycles. The molecule has 0 aliphatic carbocycles. The summed E-state index contributed by atoms with van der Waals surface area (Å²) < 4.78 is 10.5. The van der Waals surface area contributed by atoms with Gasteiger partial charge >= 0.3 is 6.09 Å². The quantitative estimate of drug-likeness (QED) is 0.708. The maximum Gasteiger partial charge on any atom is 0.408 e. The lowest BCUT2D eigenvalue weighted by atomic mass is 9.96. The van der Waals surface area contributed by atoms with E-state index in [0.717, 1.165) is 18.6 Å². The van der Waals surface area contributed by atoms with Gasteiger partial charge in [-0.1, -0.05) is 0 Å². The number of piperidine rings is 1. The number of nitrogens with one attached hydrogen (secondary N) is 2. The number of carbonyl (C=O) groups is 3. The maximum atomic E-state index is 12.3. The van der Waals surface area contributed by atoms with E-state index in [4.69, 9.17) is 9.47 Å². The largest absolute Gasteiger partial charge is 0.494 e. The van der Waals surface area contributed by atoms with Crippen molar-refractivity contribution in [2.75, 3.05) is 32.8 Å². The zero-order valence-electron chi connectivity index (χ0n) is 18.3. The number of rotatable bonds is 7. The van der Waals surface area contributed by atoms with E-state index in [9.17, 15) is 14.4 Å². The number of amides is 3. The third-order valence-corrected chi connectivity index (χ3v) is 4.73. The van der Waals surface area contributed by atoms with Crippen LogP contribution in [0.15, 0.2) is 24.3 Å². The van der Waals surface area contributed by atoms with Gasteiger partial charge in [-0.25, -0.2) is 4.79 Å². The summed E-state index contributed by atoms with van der Waals surface area (Å²) >= 11 is 0. The Kier molecular flexibility index (Phi) is 8.50. The molecule has 1 fully saturated rings. The Morgan fingerprint density at radius 3 is 2.27 bits per heavy atom. The summed E-state index contributed by atoms with van der Waals surface area (Å²) in [6.45, 7) is 9.53. The molecule has 0 aromatic heterocycles. The van der Waals surface area contributed by atoms with Crippen molar-refractivity contribution in [3.63, 3.8) is 0 Å². The molecule has 0 bridgehead atoms. The Morgan fingerprint density at radius 1 is 1.07 bits per heavy atom. The SMILES string of the molecule is CCOc1ccc(C(=O)NCC2CCN(C(=O)CNC(=O)OC(C)(C)C)CC2)cc1. The Balaban J connectivity index is 1.68. The van der Waals surface area contributed by atoms with Crippen LogP contribution in [0.4, 0.5) is 4.79 Å². The summed E-state index contributed by atoms with van der Waals surface area (Å²) in [6.07, 6.45) is 1.02. The molecule has 166 valence electrons. The molecular formula is C22H33N3O5. The summed E-state index contributed by atoms with van der Waals surface area (Å²) in [5.41, 5.74) is 0.000563. The Bertz CT molecular complexity index is 719. The predicted octanol–water partition coefficient (Wildman–Crippen LogP) is 2.58. The summed E-state index contributed by atoms with van der Waals surface area (Å²) in [4.78, 5) is 38.0. The second kappa shape index (κ2) is 10.8. The molecule has 0 atom stereocenters. The molecule has 1 aliphatic heterocycles. The van der Waals surface area contributed by atoms with Crippen LogP contribution >= 0.6 is 0 Å². The fourth-order valence-corrected chi connectivity index (χ4v) is 3.17. The minimum Gasteiger partial charge on any atom is -0.494 e. The smallest absolute Gasteiger partial charge is 0.408 e. The Morgan fingerprint density at radius 2 is 1.70 bits per heavy atom. The molecule has 1 saturated heterocycles. The van der Waals surface area contributed by atoms with Crippen LogP contribution in [0, 0.1) is 5.92 Å². The van der Waals surface area contributed by atoms with Gasteiger partial charge in [0.2, 0.25) is 5.91 Å². The molecule has 0 spiro atoms. The predicted molar refractivity (Wildman–Crippen MR) is 113 cm³/mol. The van der Waals surface area contributed by atoms with Crippen molar-refractivity contribution in [2.45, 2.75) is 46.1 Å². The second-order valence-electron chi connectivity index (χ2n) is 8.35. The van der Waals surface area contributed by atoms with Gasteiger partial charge in [-0.15, -0.1) is 0 Å². The number of alkyl carbamates (subject to hydrolysis) is 1. The van der Waals surface area contributed by atoms with Gasteiger partial charge in [0.05, 0.1) is 6.61 Å². The molecule has 8 heteroatoms. The minimum absolute atomic E-state index is 0.0753. The third-order valence-electron chi connectivity index (χ3n) is 4.73. The lowest BCUT2D eigenvalue weighted by molar-refractivity contribution is -0.131. The standard InChI is InChI=1S/C22H33N3O5/c1-5-29-18-8-6-17(7-9-18)20(27)23-14-16-10-12-25(13-11-16)19(26)15-24-21(28)30-22(2,3)4/h6-9,16H,5,10-15H2,1-4H3,(H,23,27)(H,24,28). The number of hydrogen-bond acceptors (Lipinski definition) is 5. The molecule has 1 aliphatic rings. The van der Waals surface area contributed by atoms with Crippen LogP contribution in [0.2, 0.25) is 0 Å². The van der Waals surface area contributed by atoms with E-state index in [0.29, 0.717) is 37.7 Å². The number of hydrogen-bond donors (Lipinski definition) is 2. The molecule has 0 unspecified atom stereocenters. The van der Waals surface area contributed by atoms with E-state index in [1.54, 1.807) is 49.9 Å². The van der Waals surface area contributed by atoms with Gasteiger partial charge in [0.25, 0.3) is 5.91 Å². The molecule has 8 nitrogen and oxygen atoms in total. The van der Waals surface area contributed by atoms with E-state index in [2.05, 4.69) is 10.6 Å². The van der Waals surface area contributed by atoms with Crippen molar-refractivity contribution >= 4 is 17.9 Å². The van der Waals surface area contributed by atoms with Crippen LogP contribution in [0.25, 0.3) is 0 Å². The van der Waals surface area contributed by atoms with Gasteiger partial charge < -0.3 is 25.0 Å². The van der Waals surface area contributed by atoms with Crippen molar-refractivity contribution in [3.05, 3.63) is 29.8 Å². The fourth-order valence-electron chi connectivity index (χ4n) is 3.17. The highest BCUT2D eigenvalue weighted by molar-refractivity contribution is 5.94. The maximum absolute atomic E-state index is 12.3. The van der Waals surface area contributed by atoms with E-state index in [-0.39, 0.29) is 18.4 Å². The Hall–Kier alpha value is -2.77. The fraction of sp³-hybridized carbons (Fsp3) is 0.591. The first-order chi connectivity index (χ1) is 14.2. The first kappa shape index (κ1) is 23.5. The number of nitrogens with zero attached hydrogens (tertiary/aromatic N) is 1. The summed E-state index contributed by atoms with van der Waals surface area (Å²) in [7, 11) is 0. The van der Waals surface area contributed by atoms with Crippen molar-refractivity contribution < 1.29 is 23.9 Å². The molecular weight excluding hydrogens is 386 g/mol. The topological polar surface area (TPSA) is 97.0 Å². The van der Waals surface area contributed by atoms with Crippen molar-refractivity contribution in [3.8, 4) is 5.75 Å². The van der Waals surface area contributed by atoms with Crippen molar-refractivity contribution in [2.24, 2.45) is 5.92 Å².